The van der Waals surface area contributed by atoms with E-state index in [9.17, 15) is 14.4 Å². The van der Waals surface area contributed by atoms with E-state index in [0.29, 0.717) is 27.7 Å². The molecule has 4 rings (SSSR count). The van der Waals surface area contributed by atoms with Crippen LogP contribution in [0, 0.1) is 0 Å². The van der Waals surface area contributed by atoms with Crippen LogP contribution in [0.15, 0.2) is 46.3 Å². The summed E-state index contributed by atoms with van der Waals surface area (Å²) in [6.07, 6.45) is 3.56. The number of hydrogen-bond donors (Lipinski definition) is 1. The molecule has 2 heterocycles. The Hall–Kier alpha value is -3.86. The molecule has 1 aliphatic rings. The summed E-state index contributed by atoms with van der Waals surface area (Å²) in [7, 11) is 2.89. The molecule has 1 amide bonds. The van der Waals surface area contributed by atoms with Gasteiger partial charge in [-0.05, 0) is 35.4 Å². The number of fused-ring (bicyclic) bond motifs is 3. The van der Waals surface area contributed by atoms with Crippen LogP contribution in [0.1, 0.15) is 58.2 Å². The summed E-state index contributed by atoms with van der Waals surface area (Å²) in [5, 5.41) is 5.29. The van der Waals surface area contributed by atoms with Crippen molar-refractivity contribution in [2.45, 2.75) is 57.8 Å². The number of thioether (sulfide) groups is 1. The van der Waals surface area contributed by atoms with E-state index < -0.39 is 12.1 Å². The van der Waals surface area contributed by atoms with Gasteiger partial charge in [0.2, 0.25) is 16.8 Å². The number of unbranched alkanes of at least 4 members (excludes halogenated alkanes) is 3. The first-order valence-corrected chi connectivity index (χ1v) is 13.8. The molecule has 39 heavy (non-hydrogen) atoms. The fourth-order valence-corrected chi connectivity index (χ4v) is 5.52. The number of carbonyl (C=O) groups excluding carboxylic acids is 2. The first kappa shape index (κ1) is 28.2. The number of benzene rings is 2. The van der Waals surface area contributed by atoms with Crippen molar-refractivity contribution >= 4 is 29.3 Å². The molecule has 10 nitrogen and oxygen atoms in total. The zero-order chi connectivity index (χ0) is 28.1. The quantitative estimate of drug-likeness (QED) is 0.130. The van der Waals surface area contributed by atoms with Crippen LogP contribution in [0.2, 0.25) is 0 Å². The van der Waals surface area contributed by atoms with Crippen LogP contribution >= 0.6 is 11.8 Å². The Bertz CT molecular complexity index is 1410. The average Bonchev–Trinajstić information content (AvgIpc) is 2.91. The molecular formula is C28H33N4O6S+. The Balaban J connectivity index is 1.92. The molecule has 0 fully saturated rings. The van der Waals surface area contributed by atoms with Gasteiger partial charge in [0.1, 0.15) is 0 Å². The highest BCUT2D eigenvalue weighted by Crippen LogP contribution is 2.43. The second kappa shape index (κ2) is 12.3. The van der Waals surface area contributed by atoms with Gasteiger partial charge >= 0.3 is 17.2 Å². The Morgan fingerprint density at radius 1 is 1.08 bits per heavy atom. The van der Waals surface area contributed by atoms with Crippen molar-refractivity contribution in [1.29, 1.82) is 0 Å². The number of rotatable bonds is 10. The van der Waals surface area contributed by atoms with Crippen LogP contribution in [0.25, 0.3) is 11.3 Å². The zero-order valence-corrected chi connectivity index (χ0v) is 23.6. The number of ether oxygens (including phenoxy) is 3. The van der Waals surface area contributed by atoms with Gasteiger partial charge in [0.25, 0.3) is 6.17 Å². The topological polar surface area (TPSA) is 115 Å². The summed E-state index contributed by atoms with van der Waals surface area (Å²) in [4.78, 5) is 43.0. The Labute approximate surface area is 231 Å². The van der Waals surface area contributed by atoms with E-state index in [1.807, 2.05) is 12.1 Å². The van der Waals surface area contributed by atoms with Gasteiger partial charge in [-0.1, -0.05) is 50.1 Å². The van der Waals surface area contributed by atoms with Gasteiger partial charge in [-0.15, -0.1) is 0 Å². The highest BCUT2D eigenvalue weighted by Gasteiger charge is 2.45. The fraction of sp³-hybridized carbons (Fsp3) is 0.393. The number of methoxy groups -OCH3 is 2. The van der Waals surface area contributed by atoms with Gasteiger partial charge in [0.15, 0.2) is 11.5 Å². The number of amides is 1. The molecule has 0 saturated carbocycles. The molecule has 1 aromatic heterocycles. The van der Waals surface area contributed by atoms with Crippen LogP contribution in [0.3, 0.4) is 0 Å². The third-order valence-corrected chi connectivity index (χ3v) is 7.31. The second-order valence-electron chi connectivity index (χ2n) is 9.09. The highest BCUT2D eigenvalue weighted by atomic mass is 32.2. The van der Waals surface area contributed by atoms with Crippen molar-refractivity contribution in [2.24, 2.45) is 0 Å². The third-order valence-electron chi connectivity index (χ3n) is 6.36. The van der Waals surface area contributed by atoms with E-state index in [0.717, 1.165) is 31.4 Å². The number of aromatic amines is 1. The molecule has 0 saturated heterocycles. The lowest BCUT2D eigenvalue weighted by molar-refractivity contribution is -0.763. The number of anilines is 1. The minimum atomic E-state index is -0.844. The van der Waals surface area contributed by atoms with Crippen LogP contribution in [0.4, 0.5) is 5.69 Å². The van der Waals surface area contributed by atoms with Crippen molar-refractivity contribution in [1.82, 2.24) is 10.1 Å². The number of H-pyrrole nitrogens is 1. The summed E-state index contributed by atoms with van der Waals surface area (Å²) < 4.78 is 18.0. The summed E-state index contributed by atoms with van der Waals surface area (Å²) in [6.45, 7) is 4.91. The maximum Gasteiger partial charge on any atom is 0.325 e. The molecule has 1 atom stereocenters. The molecular weight excluding hydrogens is 520 g/mol. The third kappa shape index (κ3) is 5.78. The number of para-hydroxylation sites is 1. The fourth-order valence-electron chi connectivity index (χ4n) is 4.67. The van der Waals surface area contributed by atoms with Gasteiger partial charge < -0.3 is 14.2 Å². The summed E-state index contributed by atoms with van der Waals surface area (Å²) in [5.41, 5.74) is 1.73. The highest BCUT2D eigenvalue weighted by molar-refractivity contribution is 7.99. The van der Waals surface area contributed by atoms with Crippen molar-refractivity contribution in [3.8, 4) is 28.5 Å². The molecule has 2 aromatic carbocycles. The molecule has 206 valence electrons. The van der Waals surface area contributed by atoms with Crippen LogP contribution in [-0.4, -0.2) is 41.9 Å². The monoisotopic (exact) mass is 553 g/mol. The van der Waals surface area contributed by atoms with Crippen molar-refractivity contribution in [3.63, 3.8) is 0 Å². The Morgan fingerprint density at radius 3 is 2.38 bits per heavy atom. The molecule has 0 radical (unpaired) electrons. The first-order valence-electron chi connectivity index (χ1n) is 12.8. The molecule has 1 N–H and O–H groups in total. The second-order valence-corrected chi connectivity index (χ2v) is 10.2. The molecule has 3 aromatic rings. The number of esters is 1. The number of carbonyl (C=O) groups is 2. The van der Waals surface area contributed by atoms with E-state index in [2.05, 4.69) is 11.9 Å². The van der Waals surface area contributed by atoms with Gasteiger partial charge in [-0.3, -0.25) is 19.4 Å². The normalized spacial score (nSPS) is 13.9. The van der Waals surface area contributed by atoms with Crippen molar-refractivity contribution in [3.05, 3.63) is 52.3 Å². The Kier molecular flexibility index (Phi) is 8.90. The Morgan fingerprint density at radius 2 is 1.77 bits per heavy atom. The largest absolute Gasteiger partial charge is 0.493 e. The lowest BCUT2D eigenvalue weighted by Crippen LogP contribution is -2.60. The van der Waals surface area contributed by atoms with Gasteiger partial charge in [0, 0.05) is 24.7 Å². The van der Waals surface area contributed by atoms with E-state index in [1.54, 1.807) is 33.8 Å². The standard InChI is InChI=1S/C28H32N4O6S/c1-6-7-8-11-14-39-28-29-26(35)24-20-12-9-10-13-21(20)31(17(2)33)27(32(24)30-28)19-15-22(36-4)25(38-18(3)34)23(16-19)37-5/h9-10,12-13,15-16,27H,6-8,11,14H2,1-5H3/p+1/t27-/m0/s1. The van der Waals surface area contributed by atoms with Gasteiger partial charge in [0.05, 0.1) is 31.0 Å². The number of hydrogen-bond acceptors (Lipinski definition) is 8. The zero-order valence-electron chi connectivity index (χ0n) is 22.8. The SMILES string of the molecule is CCCCCCSc1n[n+]2c(c(=O)[nH]1)-c1ccccc1N(C(C)=O)[C@@H]2c1cc(OC)c(OC(C)=O)c(OC)c1. The lowest BCUT2D eigenvalue weighted by Gasteiger charge is -2.31. The van der Waals surface area contributed by atoms with Crippen LogP contribution in [0.5, 0.6) is 17.2 Å². The average molecular weight is 554 g/mol. The lowest BCUT2D eigenvalue weighted by atomic mass is 10.0. The predicted octanol–water partition coefficient (Wildman–Crippen LogP) is 4.25. The van der Waals surface area contributed by atoms with E-state index in [4.69, 9.17) is 19.3 Å². The number of aromatic nitrogens is 3. The molecule has 11 heteroatoms. The molecule has 1 aliphatic heterocycles. The maximum atomic E-state index is 13.5. The molecule has 0 bridgehead atoms. The van der Waals surface area contributed by atoms with Crippen molar-refractivity contribution < 1.29 is 28.5 Å². The van der Waals surface area contributed by atoms with Crippen molar-refractivity contribution in [2.75, 3.05) is 24.9 Å². The van der Waals surface area contributed by atoms with Gasteiger partial charge in [-0.2, -0.15) is 0 Å². The summed E-state index contributed by atoms with van der Waals surface area (Å²) in [5.74, 6) is 0.611. The smallest absolute Gasteiger partial charge is 0.325 e. The summed E-state index contributed by atoms with van der Waals surface area (Å²) in [6, 6.07) is 10.5. The number of nitrogens with one attached hydrogen (secondary N) is 1. The van der Waals surface area contributed by atoms with Crippen LogP contribution < -0.4 is 29.4 Å². The van der Waals surface area contributed by atoms with Gasteiger partial charge in [-0.25, -0.2) is 4.90 Å². The molecule has 0 spiro atoms. The minimum absolute atomic E-state index is 0.120. The first-order chi connectivity index (χ1) is 18.8. The van der Waals surface area contributed by atoms with E-state index in [-0.39, 0.29) is 28.7 Å². The molecule has 0 aliphatic carbocycles. The van der Waals surface area contributed by atoms with Crippen LogP contribution in [-0.2, 0) is 9.59 Å². The van der Waals surface area contributed by atoms with E-state index in [1.165, 1.54) is 39.8 Å². The minimum Gasteiger partial charge on any atom is -0.493 e. The molecule has 0 unspecified atom stereocenters. The predicted molar refractivity (Wildman–Crippen MR) is 148 cm³/mol. The number of nitrogens with zero attached hydrogens (tertiary/aromatic N) is 3. The summed E-state index contributed by atoms with van der Waals surface area (Å²) >= 11 is 1.47. The van der Waals surface area contributed by atoms with E-state index >= 15 is 0 Å². The maximum absolute atomic E-state index is 13.5.